The zero-order chi connectivity index (χ0) is 20.3. The van der Waals surface area contributed by atoms with Crippen LogP contribution in [0.3, 0.4) is 0 Å². The van der Waals surface area contributed by atoms with Crippen LogP contribution in [0.2, 0.25) is 10.0 Å². The van der Waals surface area contributed by atoms with E-state index in [0.717, 1.165) is 5.56 Å². The van der Waals surface area contributed by atoms with E-state index in [1.54, 1.807) is 41.9 Å². The smallest absolute Gasteiger partial charge is 0.278 e. The average molecular weight is 421 g/mol. The molecule has 0 saturated carbocycles. The molecule has 0 fully saturated rings. The molecule has 0 aliphatic heterocycles. The van der Waals surface area contributed by atoms with Gasteiger partial charge in [0.25, 0.3) is 5.91 Å². The van der Waals surface area contributed by atoms with Crippen LogP contribution in [0.25, 0.3) is 0 Å². The van der Waals surface area contributed by atoms with Crippen molar-refractivity contribution in [1.29, 1.82) is 0 Å². The number of nitrogens with zero attached hydrogens (tertiary/aromatic N) is 3. The summed E-state index contributed by atoms with van der Waals surface area (Å²) in [5.41, 5.74) is 3.27. The van der Waals surface area contributed by atoms with E-state index >= 15 is 0 Å². The third-order valence-corrected chi connectivity index (χ3v) is 4.93. The fourth-order valence-corrected chi connectivity index (χ4v) is 3.06. The number of nitrogens with one attached hydrogen (secondary N) is 1. The number of amides is 1. The van der Waals surface area contributed by atoms with E-state index in [2.05, 4.69) is 15.6 Å². The SMILES string of the molecule is Cc1c(C(=O)Nc2cc(CO)cc(CO)c2)nnn1Cc1ccc(Cl)c(Cl)c1. The second-order valence-electron chi connectivity index (χ2n) is 6.24. The lowest BCUT2D eigenvalue weighted by atomic mass is 10.1. The van der Waals surface area contributed by atoms with E-state index in [1.807, 2.05) is 6.07 Å². The van der Waals surface area contributed by atoms with Crippen LogP contribution in [0.5, 0.6) is 0 Å². The summed E-state index contributed by atoms with van der Waals surface area (Å²) in [6.07, 6.45) is 0. The van der Waals surface area contributed by atoms with E-state index in [1.165, 1.54) is 0 Å². The lowest BCUT2D eigenvalue weighted by Crippen LogP contribution is -2.15. The Labute approximate surface area is 171 Å². The maximum atomic E-state index is 12.6. The molecule has 0 aliphatic rings. The maximum absolute atomic E-state index is 12.6. The van der Waals surface area contributed by atoms with Crippen molar-refractivity contribution in [1.82, 2.24) is 15.0 Å². The molecule has 28 heavy (non-hydrogen) atoms. The van der Waals surface area contributed by atoms with Gasteiger partial charge in [-0.2, -0.15) is 0 Å². The summed E-state index contributed by atoms with van der Waals surface area (Å²) in [6, 6.07) is 10.2. The Morgan fingerprint density at radius 1 is 1.04 bits per heavy atom. The van der Waals surface area contributed by atoms with E-state index < -0.39 is 5.91 Å². The largest absolute Gasteiger partial charge is 0.392 e. The van der Waals surface area contributed by atoms with Crippen LogP contribution in [0.15, 0.2) is 36.4 Å². The minimum atomic E-state index is -0.433. The van der Waals surface area contributed by atoms with Gasteiger partial charge in [0, 0.05) is 5.69 Å². The molecule has 9 heteroatoms. The van der Waals surface area contributed by atoms with Crippen molar-refractivity contribution >= 4 is 34.8 Å². The zero-order valence-corrected chi connectivity index (χ0v) is 16.5. The molecule has 146 valence electrons. The lowest BCUT2D eigenvalue weighted by molar-refractivity contribution is 0.102. The molecule has 0 radical (unpaired) electrons. The van der Waals surface area contributed by atoms with Crippen LogP contribution in [-0.4, -0.2) is 31.1 Å². The number of aliphatic hydroxyl groups is 2. The number of carbonyl (C=O) groups is 1. The van der Waals surface area contributed by atoms with E-state index in [0.29, 0.717) is 39.1 Å². The van der Waals surface area contributed by atoms with Crippen LogP contribution in [0.1, 0.15) is 32.9 Å². The molecule has 3 rings (SSSR count). The van der Waals surface area contributed by atoms with Crippen molar-refractivity contribution in [2.45, 2.75) is 26.7 Å². The van der Waals surface area contributed by atoms with Crippen molar-refractivity contribution in [2.75, 3.05) is 5.32 Å². The van der Waals surface area contributed by atoms with E-state index in [-0.39, 0.29) is 18.9 Å². The Hall–Kier alpha value is -2.45. The molecular weight excluding hydrogens is 403 g/mol. The fraction of sp³-hybridized carbons (Fsp3) is 0.211. The molecule has 3 N–H and O–H groups in total. The van der Waals surface area contributed by atoms with Gasteiger partial charge in [0.15, 0.2) is 5.69 Å². The third-order valence-electron chi connectivity index (χ3n) is 4.19. The van der Waals surface area contributed by atoms with Crippen LogP contribution in [0, 0.1) is 6.92 Å². The van der Waals surface area contributed by atoms with Crippen molar-refractivity contribution in [3.8, 4) is 0 Å². The summed E-state index contributed by atoms with van der Waals surface area (Å²) in [5, 5.41) is 30.3. The fourth-order valence-electron chi connectivity index (χ4n) is 2.74. The molecule has 1 heterocycles. The quantitative estimate of drug-likeness (QED) is 0.568. The molecule has 0 aliphatic carbocycles. The first-order valence-corrected chi connectivity index (χ1v) is 9.16. The summed E-state index contributed by atoms with van der Waals surface area (Å²) < 4.78 is 1.60. The highest BCUT2D eigenvalue weighted by Crippen LogP contribution is 2.23. The molecule has 3 aromatic rings. The minimum Gasteiger partial charge on any atom is -0.392 e. The monoisotopic (exact) mass is 420 g/mol. The van der Waals surface area contributed by atoms with Crippen LogP contribution >= 0.6 is 23.2 Å². The van der Waals surface area contributed by atoms with E-state index in [4.69, 9.17) is 23.2 Å². The Bertz CT molecular complexity index is 998. The van der Waals surface area contributed by atoms with Gasteiger partial charge in [-0.3, -0.25) is 4.79 Å². The maximum Gasteiger partial charge on any atom is 0.278 e. The highest BCUT2D eigenvalue weighted by Gasteiger charge is 2.17. The standard InChI is InChI=1S/C19H18Cl2N4O3/c1-11-18(19(28)22-15-5-13(9-26)4-14(6-15)10-27)23-24-25(11)8-12-2-3-16(20)17(21)7-12/h2-7,26-27H,8-10H2,1H3,(H,22,28). The van der Waals surface area contributed by atoms with Gasteiger partial charge in [0.2, 0.25) is 0 Å². The normalized spacial score (nSPS) is 10.9. The first kappa shape index (κ1) is 20.3. The molecule has 2 aromatic carbocycles. The number of carbonyl (C=O) groups excluding carboxylic acids is 1. The van der Waals surface area contributed by atoms with Gasteiger partial charge in [-0.05, 0) is 47.9 Å². The van der Waals surface area contributed by atoms with Crippen LogP contribution in [0.4, 0.5) is 5.69 Å². The Morgan fingerprint density at radius 2 is 1.71 bits per heavy atom. The second kappa shape index (κ2) is 8.70. The molecule has 0 saturated heterocycles. The van der Waals surface area contributed by atoms with Gasteiger partial charge >= 0.3 is 0 Å². The predicted octanol–water partition coefficient (Wildman–Crippen LogP) is 3.18. The summed E-state index contributed by atoms with van der Waals surface area (Å²) in [6.45, 7) is 1.73. The van der Waals surface area contributed by atoms with Crippen molar-refractivity contribution in [3.63, 3.8) is 0 Å². The van der Waals surface area contributed by atoms with E-state index in [9.17, 15) is 15.0 Å². The number of aliphatic hydroxyl groups excluding tert-OH is 2. The number of hydrogen-bond acceptors (Lipinski definition) is 5. The van der Waals surface area contributed by atoms with Crippen LogP contribution < -0.4 is 5.32 Å². The van der Waals surface area contributed by atoms with Crippen LogP contribution in [-0.2, 0) is 19.8 Å². The van der Waals surface area contributed by atoms with Crippen molar-refractivity contribution < 1.29 is 15.0 Å². The first-order chi connectivity index (χ1) is 13.4. The lowest BCUT2D eigenvalue weighted by Gasteiger charge is -2.09. The topological polar surface area (TPSA) is 100 Å². The molecular formula is C19H18Cl2N4O3. The van der Waals surface area contributed by atoms with Gasteiger partial charge in [-0.1, -0.05) is 40.5 Å². The summed E-state index contributed by atoms with van der Waals surface area (Å²) in [7, 11) is 0. The third kappa shape index (κ3) is 4.51. The molecule has 0 bridgehead atoms. The predicted molar refractivity (Wildman–Crippen MR) is 107 cm³/mol. The summed E-state index contributed by atoms with van der Waals surface area (Å²) in [4.78, 5) is 12.6. The first-order valence-electron chi connectivity index (χ1n) is 8.41. The van der Waals surface area contributed by atoms with Gasteiger partial charge in [-0.15, -0.1) is 5.10 Å². The number of benzene rings is 2. The number of aromatic nitrogens is 3. The molecule has 1 amide bonds. The Kier molecular flexibility index (Phi) is 6.31. The van der Waals surface area contributed by atoms with Gasteiger partial charge in [-0.25, -0.2) is 4.68 Å². The number of hydrogen-bond donors (Lipinski definition) is 3. The highest BCUT2D eigenvalue weighted by atomic mass is 35.5. The Morgan fingerprint density at radius 3 is 2.32 bits per heavy atom. The Balaban J connectivity index is 1.79. The zero-order valence-electron chi connectivity index (χ0n) is 15.0. The summed E-state index contributed by atoms with van der Waals surface area (Å²) in [5.74, 6) is -0.433. The van der Waals surface area contributed by atoms with Gasteiger partial charge in [0.05, 0.1) is 35.5 Å². The highest BCUT2D eigenvalue weighted by molar-refractivity contribution is 6.42. The van der Waals surface area contributed by atoms with Crippen molar-refractivity contribution in [3.05, 3.63) is 74.5 Å². The molecule has 7 nitrogen and oxygen atoms in total. The van der Waals surface area contributed by atoms with Gasteiger partial charge in [0.1, 0.15) is 0 Å². The molecule has 1 aromatic heterocycles. The number of halogens is 2. The van der Waals surface area contributed by atoms with Gasteiger partial charge < -0.3 is 15.5 Å². The number of rotatable bonds is 6. The molecule has 0 atom stereocenters. The van der Waals surface area contributed by atoms with Crippen molar-refractivity contribution in [2.24, 2.45) is 0 Å². The molecule has 0 spiro atoms. The number of anilines is 1. The second-order valence-corrected chi connectivity index (χ2v) is 7.05. The average Bonchev–Trinajstić information content (AvgIpc) is 3.04. The summed E-state index contributed by atoms with van der Waals surface area (Å²) >= 11 is 12.0. The minimum absolute atomic E-state index is 0.181. The molecule has 0 unspecified atom stereocenters.